The summed E-state index contributed by atoms with van der Waals surface area (Å²) >= 11 is 0. The largest absolute Gasteiger partial charge is 0.478 e. The molecule has 0 spiro atoms. The summed E-state index contributed by atoms with van der Waals surface area (Å²) in [6, 6.07) is -0.0606. The van der Waals surface area contributed by atoms with Crippen molar-refractivity contribution < 1.29 is 15.0 Å². The van der Waals surface area contributed by atoms with Gasteiger partial charge in [0.15, 0.2) is 5.82 Å². The maximum atomic E-state index is 11.5. The number of carboxylic acids is 1. The molecule has 6 heteroatoms. The number of nitrogens with one attached hydrogen (secondary N) is 1. The van der Waals surface area contributed by atoms with Gasteiger partial charge < -0.3 is 15.5 Å². The predicted octanol–water partition coefficient (Wildman–Crippen LogP) is 1.48. The second-order valence-electron chi connectivity index (χ2n) is 4.42. The maximum Gasteiger partial charge on any atom is 0.339 e. The van der Waals surface area contributed by atoms with E-state index in [1.807, 2.05) is 20.8 Å². The lowest BCUT2D eigenvalue weighted by atomic mass is 10.0. The van der Waals surface area contributed by atoms with Crippen LogP contribution in [0.1, 0.15) is 48.8 Å². The van der Waals surface area contributed by atoms with Gasteiger partial charge in [0.25, 0.3) is 0 Å². The van der Waals surface area contributed by atoms with Crippen molar-refractivity contribution in [2.45, 2.75) is 46.1 Å². The van der Waals surface area contributed by atoms with Crippen LogP contribution in [0.15, 0.2) is 0 Å². The zero-order valence-corrected chi connectivity index (χ0v) is 11.6. The number of hydrogen-bond acceptors (Lipinski definition) is 5. The van der Waals surface area contributed by atoms with Crippen molar-refractivity contribution in [3.8, 4) is 0 Å². The van der Waals surface area contributed by atoms with Crippen molar-refractivity contribution in [2.24, 2.45) is 0 Å². The Kier molecular flexibility index (Phi) is 5.69. The number of aromatic nitrogens is 2. The van der Waals surface area contributed by atoms with Crippen LogP contribution in [0, 0.1) is 0 Å². The summed E-state index contributed by atoms with van der Waals surface area (Å²) < 4.78 is 0. The van der Waals surface area contributed by atoms with Gasteiger partial charge in [0.05, 0.1) is 5.69 Å². The van der Waals surface area contributed by atoms with E-state index in [0.717, 1.165) is 11.3 Å². The fraction of sp³-hybridized carbons (Fsp3) is 0.615. The summed E-state index contributed by atoms with van der Waals surface area (Å²) in [5.41, 5.74) is 1.64. The summed E-state index contributed by atoms with van der Waals surface area (Å²) in [5, 5.41) is 29.3. The second-order valence-corrected chi connectivity index (χ2v) is 4.42. The number of anilines is 1. The molecule has 1 atom stereocenters. The first-order valence-electron chi connectivity index (χ1n) is 6.54. The molecular formula is C13H21N3O3. The van der Waals surface area contributed by atoms with Crippen LogP contribution >= 0.6 is 0 Å². The average molecular weight is 267 g/mol. The lowest BCUT2D eigenvalue weighted by Crippen LogP contribution is -2.22. The molecule has 0 radical (unpaired) electrons. The van der Waals surface area contributed by atoms with E-state index >= 15 is 0 Å². The standard InChI is InChI=1S/C13H21N3O3/c1-4-9-10(5-2)15-16-12(11(9)13(18)19)14-8(3)6-7-17/h8,17H,4-7H2,1-3H3,(H,14,16)(H,18,19). The Bertz CT molecular complexity index is 449. The van der Waals surface area contributed by atoms with Crippen LogP contribution in [-0.4, -0.2) is 39.0 Å². The highest BCUT2D eigenvalue weighted by Crippen LogP contribution is 2.21. The lowest BCUT2D eigenvalue weighted by Gasteiger charge is -2.17. The highest BCUT2D eigenvalue weighted by Gasteiger charge is 2.21. The second kappa shape index (κ2) is 7.04. The highest BCUT2D eigenvalue weighted by molar-refractivity contribution is 5.95. The molecule has 0 saturated carbocycles. The van der Waals surface area contributed by atoms with Crippen LogP contribution in [0.2, 0.25) is 0 Å². The number of nitrogens with zero attached hydrogens (tertiary/aromatic N) is 2. The Morgan fingerprint density at radius 2 is 2.00 bits per heavy atom. The summed E-state index contributed by atoms with van der Waals surface area (Å²) in [5.74, 6) is -0.720. The Morgan fingerprint density at radius 1 is 1.32 bits per heavy atom. The predicted molar refractivity (Wildman–Crippen MR) is 72.5 cm³/mol. The van der Waals surface area contributed by atoms with Crippen LogP contribution in [0.4, 0.5) is 5.82 Å². The molecule has 1 rings (SSSR count). The van der Waals surface area contributed by atoms with Gasteiger partial charge in [-0.25, -0.2) is 4.79 Å². The Morgan fingerprint density at radius 3 is 2.47 bits per heavy atom. The molecule has 0 amide bonds. The first-order chi connectivity index (χ1) is 9.04. The summed E-state index contributed by atoms with van der Waals surface area (Å²) in [6.45, 7) is 5.74. The number of carbonyl (C=O) groups is 1. The average Bonchev–Trinajstić information content (AvgIpc) is 2.37. The van der Waals surface area contributed by atoms with E-state index in [9.17, 15) is 9.90 Å². The molecule has 19 heavy (non-hydrogen) atoms. The number of rotatable bonds is 7. The molecule has 0 aromatic carbocycles. The molecule has 0 bridgehead atoms. The molecule has 106 valence electrons. The van der Waals surface area contributed by atoms with Gasteiger partial charge >= 0.3 is 5.97 Å². The smallest absolute Gasteiger partial charge is 0.339 e. The molecule has 0 fully saturated rings. The third-order valence-corrected chi connectivity index (χ3v) is 3.01. The summed E-state index contributed by atoms with van der Waals surface area (Å²) in [7, 11) is 0. The van der Waals surface area contributed by atoms with Crippen molar-refractivity contribution in [1.82, 2.24) is 10.2 Å². The first-order valence-corrected chi connectivity index (χ1v) is 6.54. The van der Waals surface area contributed by atoms with Crippen LogP contribution in [0.25, 0.3) is 0 Å². The molecule has 0 aliphatic heterocycles. The number of aliphatic hydroxyl groups excluding tert-OH is 1. The fourth-order valence-corrected chi connectivity index (χ4v) is 2.00. The van der Waals surface area contributed by atoms with Crippen LogP contribution in [0.3, 0.4) is 0 Å². The Labute approximate surface area is 112 Å². The monoisotopic (exact) mass is 267 g/mol. The molecule has 0 aliphatic carbocycles. The molecule has 1 aromatic rings. The fourth-order valence-electron chi connectivity index (χ4n) is 2.00. The Balaban J connectivity index is 3.20. The molecule has 0 aliphatic rings. The van der Waals surface area contributed by atoms with Crippen molar-refractivity contribution in [1.29, 1.82) is 0 Å². The van der Waals surface area contributed by atoms with Crippen molar-refractivity contribution in [2.75, 3.05) is 11.9 Å². The zero-order chi connectivity index (χ0) is 14.4. The van der Waals surface area contributed by atoms with E-state index in [4.69, 9.17) is 5.11 Å². The van der Waals surface area contributed by atoms with Gasteiger partial charge in [0.2, 0.25) is 0 Å². The van der Waals surface area contributed by atoms with Crippen molar-refractivity contribution >= 4 is 11.8 Å². The lowest BCUT2D eigenvalue weighted by molar-refractivity contribution is 0.0696. The molecule has 3 N–H and O–H groups in total. The normalized spacial score (nSPS) is 12.2. The highest BCUT2D eigenvalue weighted by atomic mass is 16.4. The third-order valence-electron chi connectivity index (χ3n) is 3.01. The van der Waals surface area contributed by atoms with Crippen molar-refractivity contribution in [3.05, 3.63) is 16.8 Å². The van der Waals surface area contributed by atoms with Gasteiger partial charge in [-0.2, -0.15) is 5.10 Å². The van der Waals surface area contributed by atoms with Crippen LogP contribution in [0.5, 0.6) is 0 Å². The van der Waals surface area contributed by atoms with E-state index < -0.39 is 5.97 Å². The maximum absolute atomic E-state index is 11.5. The molecular weight excluding hydrogens is 246 g/mol. The molecule has 1 unspecified atom stereocenters. The van der Waals surface area contributed by atoms with Gasteiger partial charge in [-0.15, -0.1) is 5.10 Å². The van der Waals surface area contributed by atoms with Gasteiger partial charge in [-0.05, 0) is 31.7 Å². The van der Waals surface area contributed by atoms with Gasteiger partial charge in [-0.1, -0.05) is 13.8 Å². The quantitative estimate of drug-likeness (QED) is 0.692. The zero-order valence-electron chi connectivity index (χ0n) is 11.6. The number of aromatic carboxylic acids is 1. The molecule has 6 nitrogen and oxygen atoms in total. The third kappa shape index (κ3) is 3.64. The van der Waals surface area contributed by atoms with Crippen LogP contribution in [-0.2, 0) is 12.8 Å². The SMILES string of the molecule is CCc1nnc(NC(C)CCO)c(C(=O)O)c1CC. The van der Waals surface area contributed by atoms with E-state index in [1.54, 1.807) is 0 Å². The molecule has 1 aromatic heterocycles. The van der Waals surface area contributed by atoms with E-state index in [0.29, 0.717) is 19.3 Å². The minimum absolute atomic E-state index is 0.0394. The van der Waals surface area contributed by atoms with Gasteiger partial charge in [0, 0.05) is 12.6 Å². The summed E-state index contributed by atoms with van der Waals surface area (Å²) in [6.07, 6.45) is 1.78. The first kappa shape index (κ1) is 15.4. The van der Waals surface area contributed by atoms with Gasteiger partial charge in [-0.3, -0.25) is 0 Å². The number of aryl methyl sites for hydroxylation is 1. The molecule has 1 heterocycles. The van der Waals surface area contributed by atoms with Crippen molar-refractivity contribution in [3.63, 3.8) is 0 Å². The summed E-state index contributed by atoms with van der Waals surface area (Å²) in [4.78, 5) is 11.5. The number of hydrogen-bond donors (Lipinski definition) is 3. The minimum Gasteiger partial charge on any atom is -0.478 e. The van der Waals surface area contributed by atoms with Crippen LogP contribution < -0.4 is 5.32 Å². The Hall–Kier alpha value is -1.69. The molecule has 0 saturated heterocycles. The van der Waals surface area contributed by atoms with E-state index in [2.05, 4.69) is 15.5 Å². The van der Waals surface area contributed by atoms with E-state index in [1.165, 1.54) is 0 Å². The minimum atomic E-state index is -1.000. The van der Waals surface area contributed by atoms with Gasteiger partial charge in [0.1, 0.15) is 5.56 Å². The number of carboxylic acid groups (broad SMARTS) is 1. The van der Waals surface area contributed by atoms with E-state index in [-0.39, 0.29) is 24.0 Å². The number of aliphatic hydroxyl groups is 1. The topological polar surface area (TPSA) is 95.3 Å².